The number of benzene rings is 2. The van der Waals surface area contributed by atoms with Crippen LogP contribution < -0.4 is 4.72 Å². The van der Waals surface area contributed by atoms with E-state index in [1.165, 1.54) is 12.1 Å². The van der Waals surface area contributed by atoms with Crippen molar-refractivity contribution in [2.75, 3.05) is 4.72 Å². The molecule has 4 aromatic rings. The van der Waals surface area contributed by atoms with Crippen molar-refractivity contribution in [3.8, 4) is 11.3 Å². The van der Waals surface area contributed by atoms with E-state index in [1.54, 1.807) is 54.0 Å². The predicted octanol–water partition coefficient (Wildman–Crippen LogP) is 3.41. The van der Waals surface area contributed by atoms with Gasteiger partial charge in [0.15, 0.2) is 0 Å². The smallest absolute Gasteiger partial charge is 0.270 e. The quantitative estimate of drug-likeness (QED) is 0.398. The molecule has 1 N–H and O–H groups in total. The van der Waals surface area contributed by atoms with Crippen LogP contribution in [-0.4, -0.2) is 27.7 Å². The van der Waals surface area contributed by atoms with Crippen LogP contribution in [0.3, 0.4) is 0 Å². The van der Waals surface area contributed by atoms with Crippen molar-refractivity contribution in [2.24, 2.45) is 0 Å². The lowest BCUT2D eigenvalue weighted by Crippen LogP contribution is -2.14. The highest BCUT2D eigenvalue weighted by molar-refractivity contribution is 7.92. The van der Waals surface area contributed by atoms with Crippen LogP contribution in [0.1, 0.15) is 5.56 Å². The van der Waals surface area contributed by atoms with Gasteiger partial charge in [0.05, 0.1) is 15.5 Å². The lowest BCUT2D eigenvalue weighted by molar-refractivity contribution is -0.385. The molecule has 0 aliphatic heterocycles. The van der Waals surface area contributed by atoms with Crippen molar-refractivity contribution in [3.05, 3.63) is 82.8 Å². The molecule has 0 aliphatic rings. The summed E-state index contributed by atoms with van der Waals surface area (Å²) in [5.41, 5.74) is 1.77. The first-order valence-corrected chi connectivity index (χ1v) is 10.00. The summed E-state index contributed by atoms with van der Waals surface area (Å²) in [5, 5.41) is 11.0. The van der Waals surface area contributed by atoms with Crippen LogP contribution in [-0.2, 0) is 10.0 Å². The Kier molecular flexibility index (Phi) is 4.47. The fraction of sp³-hybridized carbons (Fsp3) is 0.0526. The molecular formula is C19H15N5O4S. The summed E-state index contributed by atoms with van der Waals surface area (Å²) in [6, 6.07) is 12.3. The van der Waals surface area contributed by atoms with Crippen molar-refractivity contribution in [2.45, 2.75) is 11.8 Å². The maximum absolute atomic E-state index is 12.8. The van der Waals surface area contributed by atoms with E-state index in [0.717, 1.165) is 6.07 Å². The molecular weight excluding hydrogens is 394 g/mol. The number of nitro benzene ring substituents is 1. The Hall–Kier alpha value is -3.79. The Morgan fingerprint density at radius 3 is 2.72 bits per heavy atom. The SMILES string of the molecule is Cc1ccc([N+](=O)[O-])cc1S(=O)(=O)Nc1cccc(-c2cn3cccnc3n2)c1. The van der Waals surface area contributed by atoms with E-state index < -0.39 is 14.9 Å². The molecule has 0 bridgehead atoms. The third-order valence-corrected chi connectivity index (χ3v) is 5.84. The number of sulfonamides is 1. The molecule has 0 aliphatic carbocycles. The monoisotopic (exact) mass is 409 g/mol. The average Bonchev–Trinajstić information content (AvgIpc) is 3.12. The number of rotatable bonds is 5. The van der Waals surface area contributed by atoms with Crippen LogP contribution >= 0.6 is 0 Å². The second-order valence-electron chi connectivity index (χ2n) is 6.35. The van der Waals surface area contributed by atoms with Crippen molar-refractivity contribution >= 4 is 27.2 Å². The Labute approximate surface area is 165 Å². The zero-order valence-electron chi connectivity index (χ0n) is 15.2. The third-order valence-electron chi connectivity index (χ3n) is 4.32. The molecule has 146 valence electrons. The lowest BCUT2D eigenvalue weighted by atomic mass is 10.1. The maximum Gasteiger partial charge on any atom is 0.270 e. The molecule has 29 heavy (non-hydrogen) atoms. The topological polar surface area (TPSA) is 120 Å². The fourth-order valence-corrected chi connectivity index (χ4v) is 4.23. The van der Waals surface area contributed by atoms with Gasteiger partial charge in [-0.15, -0.1) is 0 Å². The maximum atomic E-state index is 12.8. The molecule has 2 heterocycles. The van der Waals surface area contributed by atoms with Gasteiger partial charge in [-0.1, -0.05) is 18.2 Å². The van der Waals surface area contributed by atoms with Crippen LogP contribution in [0.5, 0.6) is 0 Å². The first-order valence-electron chi connectivity index (χ1n) is 8.51. The van der Waals surface area contributed by atoms with E-state index in [2.05, 4.69) is 14.7 Å². The summed E-state index contributed by atoms with van der Waals surface area (Å²) in [7, 11) is -4.02. The Balaban J connectivity index is 1.69. The number of hydrogen-bond acceptors (Lipinski definition) is 6. The second-order valence-corrected chi connectivity index (χ2v) is 8.00. The highest BCUT2D eigenvalue weighted by atomic mass is 32.2. The van der Waals surface area contributed by atoms with E-state index in [9.17, 15) is 18.5 Å². The van der Waals surface area contributed by atoms with Crippen molar-refractivity contribution in [1.29, 1.82) is 0 Å². The highest BCUT2D eigenvalue weighted by Crippen LogP contribution is 2.26. The number of anilines is 1. The number of nitrogens with zero attached hydrogens (tertiary/aromatic N) is 4. The van der Waals surface area contributed by atoms with E-state index >= 15 is 0 Å². The Bertz CT molecular complexity index is 1310. The van der Waals surface area contributed by atoms with Gasteiger partial charge in [-0.3, -0.25) is 19.2 Å². The largest absolute Gasteiger partial charge is 0.291 e. The number of non-ortho nitro benzene ring substituents is 1. The summed E-state index contributed by atoms with van der Waals surface area (Å²) >= 11 is 0. The molecule has 0 saturated heterocycles. The van der Waals surface area contributed by atoms with Crippen molar-refractivity contribution in [1.82, 2.24) is 14.4 Å². The minimum absolute atomic E-state index is 0.144. The van der Waals surface area contributed by atoms with Gasteiger partial charge >= 0.3 is 0 Å². The van der Waals surface area contributed by atoms with Crippen LogP contribution in [0, 0.1) is 17.0 Å². The number of imidazole rings is 1. The number of hydrogen-bond donors (Lipinski definition) is 1. The molecule has 0 saturated carbocycles. The molecule has 10 heteroatoms. The summed E-state index contributed by atoms with van der Waals surface area (Å²) in [6.45, 7) is 1.58. The van der Waals surface area contributed by atoms with E-state index in [-0.39, 0.29) is 10.6 Å². The predicted molar refractivity (Wildman–Crippen MR) is 107 cm³/mol. The van der Waals surface area contributed by atoms with Gasteiger partial charge in [0.25, 0.3) is 15.7 Å². The normalized spacial score (nSPS) is 11.5. The van der Waals surface area contributed by atoms with Gasteiger partial charge in [0.2, 0.25) is 5.78 Å². The average molecular weight is 409 g/mol. The Morgan fingerprint density at radius 2 is 1.97 bits per heavy atom. The van der Waals surface area contributed by atoms with Gasteiger partial charge in [0, 0.05) is 42.0 Å². The molecule has 0 amide bonds. The molecule has 2 aromatic carbocycles. The minimum Gasteiger partial charge on any atom is -0.291 e. The van der Waals surface area contributed by atoms with Gasteiger partial charge in [-0.2, -0.15) is 0 Å². The molecule has 0 atom stereocenters. The first-order chi connectivity index (χ1) is 13.8. The standard InChI is InChI=1S/C19H15N5O4S/c1-13-6-7-16(24(25)26)11-18(13)29(27,28)22-15-5-2-4-14(10-15)17-12-23-9-3-8-20-19(23)21-17/h2-12,22H,1H3. The first kappa shape index (κ1) is 18.6. The van der Waals surface area contributed by atoms with Crippen LogP contribution in [0.2, 0.25) is 0 Å². The number of fused-ring (bicyclic) bond motifs is 1. The molecule has 0 fully saturated rings. The van der Waals surface area contributed by atoms with E-state index in [4.69, 9.17) is 0 Å². The Morgan fingerprint density at radius 1 is 1.14 bits per heavy atom. The highest BCUT2D eigenvalue weighted by Gasteiger charge is 2.21. The zero-order valence-corrected chi connectivity index (χ0v) is 16.0. The van der Waals surface area contributed by atoms with Crippen LogP contribution in [0.4, 0.5) is 11.4 Å². The number of aryl methyl sites for hydroxylation is 1. The third kappa shape index (κ3) is 3.65. The molecule has 0 radical (unpaired) electrons. The van der Waals surface area contributed by atoms with Crippen molar-refractivity contribution in [3.63, 3.8) is 0 Å². The molecule has 9 nitrogen and oxygen atoms in total. The van der Waals surface area contributed by atoms with Crippen LogP contribution in [0.25, 0.3) is 17.0 Å². The number of nitrogens with one attached hydrogen (secondary N) is 1. The molecule has 0 unspecified atom stereocenters. The van der Waals surface area contributed by atoms with Crippen LogP contribution in [0.15, 0.2) is 72.0 Å². The second kappa shape index (κ2) is 6.99. The molecule has 0 spiro atoms. The fourth-order valence-electron chi connectivity index (χ4n) is 2.91. The molecule has 2 aromatic heterocycles. The van der Waals surface area contributed by atoms with E-state index in [0.29, 0.717) is 28.3 Å². The summed E-state index contributed by atoms with van der Waals surface area (Å²) in [6.07, 6.45) is 5.25. The summed E-state index contributed by atoms with van der Waals surface area (Å²) in [5.74, 6) is 0.528. The zero-order chi connectivity index (χ0) is 20.6. The number of nitro groups is 1. The molecule has 4 rings (SSSR count). The van der Waals surface area contributed by atoms with Gasteiger partial charge in [-0.25, -0.2) is 18.4 Å². The van der Waals surface area contributed by atoms with Crippen molar-refractivity contribution < 1.29 is 13.3 Å². The van der Waals surface area contributed by atoms with E-state index in [1.807, 2.05) is 6.20 Å². The number of aromatic nitrogens is 3. The van der Waals surface area contributed by atoms with Gasteiger partial charge in [-0.05, 0) is 30.7 Å². The summed E-state index contributed by atoms with van der Waals surface area (Å²) < 4.78 is 29.9. The minimum atomic E-state index is -4.02. The van der Waals surface area contributed by atoms with Gasteiger partial charge < -0.3 is 0 Å². The van der Waals surface area contributed by atoms with Gasteiger partial charge in [0.1, 0.15) is 0 Å². The summed E-state index contributed by atoms with van der Waals surface area (Å²) in [4.78, 5) is 18.8. The lowest BCUT2D eigenvalue weighted by Gasteiger charge is -2.11.